The van der Waals surface area contributed by atoms with Gasteiger partial charge >= 0.3 is 0 Å². The van der Waals surface area contributed by atoms with Crippen molar-refractivity contribution in [3.05, 3.63) is 6.54 Å². The van der Waals surface area contributed by atoms with Gasteiger partial charge in [0.05, 0.1) is 6.54 Å². The van der Waals surface area contributed by atoms with Crippen molar-refractivity contribution in [2.45, 2.75) is 40.0 Å². The summed E-state index contributed by atoms with van der Waals surface area (Å²) in [5, 5.41) is 0. The first kappa shape index (κ1) is 9.56. The Balaban J connectivity index is 2.51. The third-order valence-corrected chi connectivity index (χ3v) is 2.11. The molecule has 69 valence electrons. The fourth-order valence-corrected chi connectivity index (χ4v) is 1.38. The van der Waals surface area contributed by atoms with Gasteiger partial charge in [0.25, 0.3) is 0 Å². The van der Waals surface area contributed by atoms with Crippen LogP contribution in [0.5, 0.6) is 0 Å². The second kappa shape index (κ2) is 3.46. The summed E-state index contributed by atoms with van der Waals surface area (Å²) in [5.41, 5.74) is -0.228. The average Bonchev–Trinajstić information content (AvgIpc) is 2.03. The molecule has 1 amide bonds. The number of carbonyl (C=O) groups is 1. The van der Waals surface area contributed by atoms with Gasteiger partial charge in [0.1, 0.15) is 0 Å². The predicted octanol–water partition coefficient (Wildman–Crippen LogP) is 2.21. The van der Waals surface area contributed by atoms with Crippen molar-refractivity contribution >= 4 is 5.91 Å². The number of nitrogens with zero attached hydrogens (tertiary/aromatic N) is 1. The van der Waals surface area contributed by atoms with Gasteiger partial charge in [-0.1, -0.05) is 20.8 Å². The van der Waals surface area contributed by atoms with Gasteiger partial charge < -0.3 is 4.90 Å². The molecular weight excluding hydrogens is 150 g/mol. The number of carbonyl (C=O) groups excluding carboxylic acids is 1. The molecule has 0 aromatic rings. The van der Waals surface area contributed by atoms with Crippen molar-refractivity contribution in [3.63, 3.8) is 0 Å². The van der Waals surface area contributed by atoms with E-state index in [1.54, 1.807) is 0 Å². The Morgan fingerprint density at radius 2 is 2.00 bits per heavy atom. The van der Waals surface area contributed by atoms with Crippen LogP contribution in [-0.2, 0) is 4.79 Å². The van der Waals surface area contributed by atoms with Gasteiger partial charge in [0, 0.05) is 12.0 Å². The number of piperidine rings is 1. The normalized spacial score (nSPS) is 19.4. The van der Waals surface area contributed by atoms with Crippen LogP contribution < -0.4 is 0 Å². The molecule has 0 atom stereocenters. The van der Waals surface area contributed by atoms with E-state index in [9.17, 15) is 4.79 Å². The van der Waals surface area contributed by atoms with Gasteiger partial charge in [-0.05, 0) is 19.3 Å². The van der Waals surface area contributed by atoms with Gasteiger partial charge in [-0.15, -0.1) is 0 Å². The van der Waals surface area contributed by atoms with Crippen LogP contribution in [0.2, 0.25) is 0 Å². The third-order valence-electron chi connectivity index (χ3n) is 2.11. The first-order valence-corrected chi connectivity index (χ1v) is 4.66. The van der Waals surface area contributed by atoms with Crippen molar-refractivity contribution in [2.24, 2.45) is 5.41 Å². The van der Waals surface area contributed by atoms with Crippen molar-refractivity contribution in [2.75, 3.05) is 6.54 Å². The molecule has 2 nitrogen and oxygen atoms in total. The van der Waals surface area contributed by atoms with Crippen LogP contribution in [0, 0.1) is 12.0 Å². The van der Waals surface area contributed by atoms with E-state index in [0.717, 1.165) is 19.4 Å². The summed E-state index contributed by atoms with van der Waals surface area (Å²) in [6.07, 6.45) is 3.44. The van der Waals surface area contributed by atoms with E-state index in [1.165, 1.54) is 6.42 Å². The molecule has 1 saturated heterocycles. The molecule has 1 rings (SSSR count). The quantitative estimate of drug-likeness (QED) is 0.543. The number of hydrogen-bond donors (Lipinski definition) is 0. The molecule has 0 aromatic carbocycles. The van der Waals surface area contributed by atoms with Crippen LogP contribution in [-0.4, -0.2) is 17.4 Å². The van der Waals surface area contributed by atoms with Crippen LogP contribution in [0.3, 0.4) is 0 Å². The van der Waals surface area contributed by atoms with E-state index in [4.69, 9.17) is 0 Å². The van der Waals surface area contributed by atoms with Gasteiger partial charge in [0.2, 0.25) is 5.91 Å². The molecule has 1 aliphatic rings. The maximum absolute atomic E-state index is 11.7. The smallest absolute Gasteiger partial charge is 0.228 e. The van der Waals surface area contributed by atoms with Crippen molar-refractivity contribution in [3.8, 4) is 0 Å². The molecule has 0 spiro atoms. The number of amides is 1. The van der Waals surface area contributed by atoms with Crippen molar-refractivity contribution < 1.29 is 4.79 Å². The Kier molecular flexibility index (Phi) is 2.76. The molecule has 0 unspecified atom stereocenters. The lowest BCUT2D eigenvalue weighted by Gasteiger charge is -2.31. The van der Waals surface area contributed by atoms with Crippen molar-refractivity contribution in [1.29, 1.82) is 0 Å². The maximum atomic E-state index is 11.7. The lowest BCUT2D eigenvalue weighted by atomic mass is 9.93. The SMILES string of the molecule is CC(C)(C)C(=O)N1[CH]CCCC1. The Morgan fingerprint density at radius 1 is 1.33 bits per heavy atom. The largest absolute Gasteiger partial charge is 0.337 e. The zero-order chi connectivity index (χ0) is 9.19. The number of rotatable bonds is 0. The summed E-state index contributed by atoms with van der Waals surface area (Å²) in [7, 11) is 0. The van der Waals surface area contributed by atoms with Crippen LogP contribution in [0.25, 0.3) is 0 Å². The second-order valence-electron chi connectivity index (χ2n) is 4.43. The lowest BCUT2D eigenvalue weighted by Crippen LogP contribution is -2.39. The molecule has 0 N–H and O–H groups in total. The first-order chi connectivity index (χ1) is 5.52. The molecule has 0 saturated carbocycles. The van der Waals surface area contributed by atoms with Crippen LogP contribution >= 0.6 is 0 Å². The van der Waals surface area contributed by atoms with Gasteiger partial charge in [-0.2, -0.15) is 0 Å². The Bertz CT molecular complexity index is 163. The zero-order valence-electron chi connectivity index (χ0n) is 8.26. The van der Waals surface area contributed by atoms with E-state index in [2.05, 4.69) is 0 Å². The molecule has 1 fully saturated rings. The van der Waals surface area contributed by atoms with E-state index in [0.29, 0.717) is 0 Å². The van der Waals surface area contributed by atoms with Crippen LogP contribution in [0.1, 0.15) is 40.0 Å². The minimum absolute atomic E-state index is 0.228. The molecule has 12 heavy (non-hydrogen) atoms. The third kappa shape index (κ3) is 2.23. The summed E-state index contributed by atoms with van der Waals surface area (Å²) in [4.78, 5) is 13.6. The van der Waals surface area contributed by atoms with E-state index in [1.807, 2.05) is 32.2 Å². The highest BCUT2D eigenvalue weighted by Crippen LogP contribution is 2.22. The molecule has 1 radical (unpaired) electrons. The second-order valence-corrected chi connectivity index (χ2v) is 4.43. The van der Waals surface area contributed by atoms with Crippen LogP contribution in [0.4, 0.5) is 0 Å². The lowest BCUT2D eigenvalue weighted by molar-refractivity contribution is -0.138. The monoisotopic (exact) mass is 168 g/mol. The summed E-state index contributed by atoms with van der Waals surface area (Å²) < 4.78 is 0. The molecule has 1 heterocycles. The molecular formula is C10H18NO. The van der Waals surface area contributed by atoms with E-state index < -0.39 is 0 Å². The number of likely N-dealkylation sites (tertiary alicyclic amines) is 1. The summed E-state index contributed by atoms with van der Waals surface area (Å²) in [6, 6.07) is 0. The van der Waals surface area contributed by atoms with E-state index >= 15 is 0 Å². The van der Waals surface area contributed by atoms with Crippen LogP contribution in [0.15, 0.2) is 0 Å². The highest BCUT2D eigenvalue weighted by atomic mass is 16.2. The fourth-order valence-electron chi connectivity index (χ4n) is 1.38. The van der Waals surface area contributed by atoms with Gasteiger partial charge in [0.15, 0.2) is 0 Å². The minimum Gasteiger partial charge on any atom is -0.337 e. The highest BCUT2D eigenvalue weighted by molar-refractivity contribution is 5.82. The highest BCUT2D eigenvalue weighted by Gasteiger charge is 2.27. The Morgan fingerprint density at radius 3 is 2.42 bits per heavy atom. The Labute approximate surface area is 74.9 Å². The standard InChI is InChI=1S/C10H18NO/c1-10(2,3)9(12)11-7-5-4-6-8-11/h7H,4-6,8H2,1-3H3. The van der Waals surface area contributed by atoms with Gasteiger partial charge in [-0.25, -0.2) is 0 Å². The minimum atomic E-state index is -0.228. The molecule has 0 aromatic heterocycles. The first-order valence-electron chi connectivity index (χ1n) is 4.66. The van der Waals surface area contributed by atoms with Gasteiger partial charge in [-0.3, -0.25) is 4.79 Å². The number of hydrogen-bond acceptors (Lipinski definition) is 1. The summed E-state index contributed by atoms with van der Waals surface area (Å²) in [5.74, 6) is 0.252. The van der Waals surface area contributed by atoms with E-state index in [-0.39, 0.29) is 11.3 Å². The molecule has 0 bridgehead atoms. The predicted molar refractivity (Wildman–Crippen MR) is 49.3 cm³/mol. The summed E-state index contributed by atoms with van der Waals surface area (Å²) in [6.45, 7) is 8.86. The molecule has 2 heteroatoms. The fraction of sp³-hybridized carbons (Fsp3) is 0.800. The topological polar surface area (TPSA) is 20.3 Å². The Hall–Kier alpha value is -0.530. The zero-order valence-corrected chi connectivity index (χ0v) is 8.26. The maximum Gasteiger partial charge on any atom is 0.228 e. The van der Waals surface area contributed by atoms with Crippen molar-refractivity contribution in [1.82, 2.24) is 4.90 Å². The molecule has 1 aliphatic heterocycles. The molecule has 0 aliphatic carbocycles. The average molecular weight is 168 g/mol. The summed E-state index contributed by atoms with van der Waals surface area (Å²) >= 11 is 0.